The first-order chi connectivity index (χ1) is 12.0. The number of amides is 2. The molecule has 1 fully saturated rings. The van der Waals surface area contributed by atoms with Gasteiger partial charge in [-0.1, -0.05) is 26.2 Å². The average Bonchev–Trinajstić information content (AvgIpc) is 2.59. The van der Waals surface area contributed by atoms with E-state index < -0.39 is 0 Å². The Bertz CT molecular complexity index is 580. The highest BCUT2D eigenvalue weighted by Crippen LogP contribution is 2.32. The predicted molar refractivity (Wildman–Crippen MR) is 100 cm³/mol. The van der Waals surface area contributed by atoms with Crippen molar-refractivity contribution >= 4 is 17.6 Å². The lowest BCUT2D eigenvalue weighted by molar-refractivity contribution is -0.138. The summed E-state index contributed by atoms with van der Waals surface area (Å²) < 4.78 is 0. The molecule has 0 bridgehead atoms. The number of likely N-dealkylation sites (N-methyl/N-ethyl adjacent to an activating group) is 1. The summed E-state index contributed by atoms with van der Waals surface area (Å²) in [4.78, 5) is 30.4. The van der Waals surface area contributed by atoms with E-state index in [4.69, 9.17) is 0 Å². The molecular formula is C20H31N3O2. The van der Waals surface area contributed by atoms with Crippen LogP contribution in [0.15, 0.2) is 18.3 Å². The molecule has 1 saturated carbocycles. The molecule has 1 aromatic heterocycles. The first-order valence-electron chi connectivity index (χ1n) is 9.47. The zero-order valence-corrected chi connectivity index (χ0v) is 15.8. The van der Waals surface area contributed by atoms with E-state index in [0.717, 1.165) is 37.2 Å². The molecule has 0 aliphatic heterocycles. The van der Waals surface area contributed by atoms with Crippen LogP contribution in [0.1, 0.15) is 57.4 Å². The number of carbonyl (C=O) groups excluding carboxylic acids is 2. The van der Waals surface area contributed by atoms with Gasteiger partial charge in [-0.05, 0) is 56.2 Å². The fraction of sp³-hybridized carbons (Fsp3) is 0.650. The molecule has 1 aromatic rings. The normalized spacial score (nSPS) is 20.1. The van der Waals surface area contributed by atoms with Crippen LogP contribution in [0.5, 0.6) is 0 Å². The summed E-state index contributed by atoms with van der Waals surface area (Å²) in [6.07, 6.45) is 9.68. The first-order valence-corrected chi connectivity index (χ1v) is 9.47. The second-order valence-electron chi connectivity index (χ2n) is 7.32. The molecule has 2 amide bonds. The summed E-state index contributed by atoms with van der Waals surface area (Å²) in [6, 6.07) is 3.69. The van der Waals surface area contributed by atoms with E-state index in [1.54, 1.807) is 18.1 Å². The van der Waals surface area contributed by atoms with Crippen LogP contribution in [0.3, 0.4) is 0 Å². The monoisotopic (exact) mass is 345 g/mol. The van der Waals surface area contributed by atoms with E-state index in [1.165, 1.54) is 19.3 Å². The third-order valence-electron chi connectivity index (χ3n) is 5.10. The van der Waals surface area contributed by atoms with Gasteiger partial charge in [0.2, 0.25) is 11.8 Å². The minimum absolute atomic E-state index is 0.0736. The Balaban J connectivity index is 1.77. The van der Waals surface area contributed by atoms with Crippen molar-refractivity contribution in [3.63, 3.8) is 0 Å². The number of nitrogens with one attached hydrogen (secondary N) is 1. The SMILES string of the molecule is CCCCC1CCC(C(=O)N(C)CC(=O)Nc2cc(C)ccn2)CC1. The summed E-state index contributed by atoms with van der Waals surface area (Å²) >= 11 is 0. The molecule has 0 aromatic carbocycles. The molecule has 1 aliphatic carbocycles. The third-order valence-corrected chi connectivity index (χ3v) is 5.10. The maximum atomic E-state index is 12.6. The number of anilines is 1. The van der Waals surface area contributed by atoms with Crippen molar-refractivity contribution in [1.29, 1.82) is 0 Å². The van der Waals surface area contributed by atoms with Crippen LogP contribution >= 0.6 is 0 Å². The number of hydrogen-bond donors (Lipinski definition) is 1. The van der Waals surface area contributed by atoms with E-state index in [2.05, 4.69) is 17.2 Å². The van der Waals surface area contributed by atoms with Gasteiger partial charge in [-0.3, -0.25) is 9.59 Å². The van der Waals surface area contributed by atoms with Crippen LogP contribution in [0.4, 0.5) is 5.82 Å². The topological polar surface area (TPSA) is 62.3 Å². The predicted octanol–water partition coefficient (Wildman–Crippen LogP) is 3.78. The summed E-state index contributed by atoms with van der Waals surface area (Å²) in [5.41, 5.74) is 1.04. The zero-order chi connectivity index (χ0) is 18.2. The van der Waals surface area contributed by atoms with Crippen LogP contribution in [-0.4, -0.2) is 35.3 Å². The van der Waals surface area contributed by atoms with Gasteiger partial charge in [0, 0.05) is 19.2 Å². The molecule has 0 spiro atoms. The third kappa shape index (κ3) is 6.15. The molecule has 138 valence electrons. The Hall–Kier alpha value is -1.91. The van der Waals surface area contributed by atoms with Crippen LogP contribution in [-0.2, 0) is 9.59 Å². The quantitative estimate of drug-likeness (QED) is 0.818. The second kappa shape index (κ2) is 9.54. The molecule has 5 nitrogen and oxygen atoms in total. The standard InChI is InChI=1S/C20H31N3O2/c1-4-5-6-16-7-9-17(10-8-16)20(25)23(3)14-19(24)22-18-13-15(2)11-12-21-18/h11-13,16-17H,4-10,14H2,1-3H3,(H,21,22,24). The lowest BCUT2D eigenvalue weighted by atomic mass is 9.79. The number of carbonyl (C=O) groups is 2. The highest BCUT2D eigenvalue weighted by molar-refractivity contribution is 5.94. The van der Waals surface area contributed by atoms with E-state index in [0.29, 0.717) is 5.82 Å². The van der Waals surface area contributed by atoms with Crippen LogP contribution in [0, 0.1) is 18.8 Å². The number of nitrogens with zero attached hydrogens (tertiary/aromatic N) is 2. The molecule has 1 heterocycles. The molecule has 5 heteroatoms. The molecule has 1 N–H and O–H groups in total. The maximum absolute atomic E-state index is 12.6. The maximum Gasteiger partial charge on any atom is 0.245 e. The van der Waals surface area contributed by atoms with Gasteiger partial charge in [-0.25, -0.2) is 4.98 Å². The van der Waals surface area contributed by atoms with Gasteiger partial charge in [-0.2, -0.15) is 0 Å². The summed E-state index contributed by atoms with van der Waals surface area (Å²) in [7, 11) is 1.72. The van der Waals surface area contributed by atoms with Crippen molar-refractivity contribution in [3.8, 4) is 0 Å². The molecule has 0 atom stereocenters. The molecule has 25 heavy (non-hydrogen) atoms. The Morgan fingerprint density at radius 2 is 2.00 bits per heavy atom. The van der Waals surface area contributed by atoms with Gasteiger partial charge in [0.25, 0.3) is 0 Å². The summed E-state index contributed by atoms with van der Waals surface area (Å²) in [5, 5.41) is 2.76. The molecule has 0 radical (unpaired) electrons. The van der Waals surface area contributed by atoms with Gasteiger partial charge < -0.3 is 10.2 Å². The van der Waals surface area contributed by atoms with Crippen molar-refractivity contribution in [1.82, 2.24) is 9.88 Å². The van der Waals surface area contributed by atoms with Crippen molar-refractivity contribution in [2.45, 2.75) is 58.8 Å². The second-order valence-corrected chi connectivity index (χ2v) is 7.32. The number of pyridine rings is 1. The van der Waals surface area contributed by atoms with E-state index in [1.807, 2.05) is 19.1 Å². The molecule has 0 unspecified atom stereocenters. The van der Waals surface area contributed by atoms with Crippen molar-refractivity contribution < 1.29 is 9.59 Å². The van der Waals surface area contributed by atoms with Crippen molar-refractivity contribution in [2.24, 2.45) is 11.8 Å². The smallest absolute Gasteiger partial charge is 0.245 e. The van der Waals surface area contributed by atoms with Gasteiger partial charge in [-0.15, -0.1) is 0 Å². The van der Waals surface area contributed by atoms with Crippen molar-refractivity contribution in [2.75, 3.05) is 18.9 Å². The zero-order valence-electron chi connectivity index (χ0n) is 15.8. The van der Waals surface area contributed by atoms with Gasteiger partial charge in [0.1, 0.15) is 5.82 Å². The lowest BCUT2D eigenvalue weighted by Crippen LogP contribution is -2.39. The van der Waals surface area contributed by atoms with E-state index >= 15 is 0 Å². The molecule has 2 rings (SSSR count). The Kier molecular flexibility index (Phi) is 7.41. The number of aromatic nitrogens is 1. The van der Waals surface area contributed by atoms with E-state index in [-0.39, 0.29) is 24.3 Å². The largest absolute Gasteiger partial charge is 0.336 e. The van der Waals surface area contributed by atoms with Crippen LogP contribution in [0.2, 0.25) is 0 Å². The number of hydrogen-bond acceptors (Lipinski definition) is 3. The minimum atomic E-state index is -0.203. The number of unbranched alkanes of at least 4 members (excludes halogenated alkanes) is 1. The minimum Gasteiger partial charge on any atom is -0.336 e. The number of rotatable bonds is 7. The highest BCUT2D eigenvalue weighted by Gasteiger charge is 2.28. The van der Waals surface area contributed by atoms with Crippen LogP contribution in [0.25, 0.3) is 0 Å². The highest BCUT2D eigenvalue weighted by atomic mass is 16.2. The van der Waals surface area contributed by atoms with Crippen molar-refractivity contribution in [3.05, 3.63) is 23.9 Å². The van der Waals surface area contributed by atoms with Crippen LogP contribution < -0.4 is 5.32 Å². The average molecular weight is 345 g/mol. The Morgan fingerprint density at radius 1 is 1.28 bits per heavy atom. The van der Waals surface area contributed by atoms with E-state index in [9.17, 15) is 9.59 Å². The summed E-state index contributed by atoms with van der Waals surface area (Å²) in [6.45, 7) is 4.25. The molecule has 1 aliphatic rings. The van der Waals surface area contributed by atoms with Gasteiger partial charge in [0.15, 0.2) is 0 Å². The molecular weight excluding hydrogens is 314 g/mol. The lowest BCUT2D eigenvalue weighted by Gasteiger charge is -2.30. The fourth-order valence-corrected chi connectivity index (χ4v) is 3.58. The summed E-state index contributed by atoms with van der Waals surface area (Å²) in [5.74, 6) is 1.28. The first kappa shape index (κ1) is 19.4. The Labute approximate surface area is 151 Å². The van der Waals surface area contributed by atoms with Gasteiger partial charge >= 0.3 is 0 Å². The number of aryl methyl sites for hydroxylation is 1. The van der Waals surface area contributed by atoms with Gasteiger partial charge in [0.05, 0.1) is 6.54 Å². The molecule has 0 saturated heterocycles. The fourth-order valence-electron chi connectivity index (χ4n) is 3.58. The Morgan fingerprint density at radius 3 is 2.64 bits per heavy atom.